The normalized spacial score (nSPS) is 10.6. The van der Waals surface area contributed by atoms with Crippen LogP contribution >= 0.6 is 0 Å². The average Bonchev–Trinajstić information content (AvgIpc) is 2.70. The molecule has 0 fully saturated rings. The van der Waals surface area contributed by atoms with Gasteiger partial charge in [0.25, 0.3) is 0 Å². The molecule has 0 aliphatic heterocycles. The molecule has 0 aliphatic rings. The van der Waals surface area contributed by atoms with Gasteiger partial charge in [0.15, 0.2) is 5.78 Å². The van der Waals surface area contributed by atoms with E-state index in [4.69, 9.17) is 14.2 Å². The third-order valence-corrected chi connectivity index (χ3v) is 4.29. The van der Waals surface area contributed by atoms with Crippen molar-refractivity contribution in [3.05, 3.63) is 64.7 Å². The Morgan fingerprint density at radius 1 is 1.00 bits per heavy atom. The summed E-state index contributed by atoms with van der Waals surface area (Å²) >= 11 is 0. The van der Waals surface area contributed by atoms with E-state index in [-0.39, 0.29) is 17.1 Å². The van der Waals surface area contributed by atoms with Gasteiger partial charge in [-0.25, -0.2) is 0 Å². The fourth-order valence-corrected chi connectivity index (χ4v) is 2.72. The molecule has 0 amide bonds. The van der Waals surface area contributed by atoms with Crippen molar-refractivity contribution in [2.75, 3.05) is 21.3 Å². The summed E-state index contributed by atoms with van der Waals surface area (Å²) in [6.07, 6.45) is 5.52. The lowest BCUT2D eigenvalue weighted by Crippen LogP contribution is -2.00. The average molecular weight is 382 g/mol. The van der Waals surface area contributed by atoms with Crippen LogP contribution in [0.4, 0.5) is 0 Å². The fourth-order valence-electron chi connectivity index (χ4n) is 2.72. The molecule has 1 N–H and O–H groups in total. The minimum absolute atomic E-state index is 0.0619. The highest BCUT2D eigenvalue weighted by molar-refractivity contribution is 6.09. The molecule has 0 unspecified atom stereocenters. The molecule has 0 aliphatic carbocycles. The predicted octanol–water partition coefficient (Wildman–Crippen LogP) is 4.82. The van der Waals surface area contributed by atoms with Gasteiger partial charge in [0.05, 0.1) is 26.9 Å². The summed E-state index contributed by atoms with van der Waals surface area (Å²) in [5, 5.41) is 10.6. The first-order chi connectivity index (χ1) is 13.4. The number of ketones is 1. The highest BCUT2D eigenvalue weighted by atomic mass is 16.5. The maximum atomic E-state index is 12.7. The van der Waals surface area contributed by atoms with Crippen LogP contribution in [-0.2, 0) is 6.42 Å². The lowest BCUT2D eigenvalue weighted by atomic mass is 10.00. The van der Waals surface area contributed by atoms with Gasteiger partial charge in [-0.15, -0.1) is 0 Å². The zero-order valence-corrected chi connectivity index (χ0v) is 16.9. The Kier molecular flexibility index (Phi) is 7.27. The molecule has 2 aromatic carbocycles. The zero-order valence-electron chi connectivity index (χ0n) is 16.9. The maximum absolute atomic E-state index is 12.7. The van der Waals surface area contributed by atoms with Crippen molar-refractivity contribution >= 4 is 11.9 Å². The molecule has 5 nitrogen and oxygen atoms in total. The summed E-state index contributed by atoms with van der Waals surface area (Å²) < 4.78 is 15.8. The van der Waals surface area contributed by atoms with Crippen molar-refractivity contribution in [3.8, 4) is 23.0 Å². The number of aromatic hydroxyl groups is 1. The Morgan fingerprint density at radius 3 is 2.32 bits per heavy atom. The molecule has 0 saturated heterocycles. The van der Waals surface area contributed by atoms with Gasteiger partial charge in [0.1, 0.15) is 23.0 Å². The van der Waals surface area contributed by atoms with Crippen LogP contribution in [0.1, 0.15) is 35.3 Å². The van der Waals surface area contributed by atoms with Gasteiger partial charge in [0.2, 0.25) is 0 Å². The van der Waals surface area contributed by atoms with Crippen LogP contribution in [0.15, 0.2) is 48.1 Å². The Morgan fingerprint density at radius 2 is 1.71 bits per heavy atom. The van der Waals surface area contributed by atoms with Crippen LogP contribution in [0.2, 0.25) is 0 Å². The van der Waals surface area contributed by atoms with E-state index < -0.39 is 0 Å². The monoisotopic (exact) mass is 382 g/mol. The molecule has 2 aromatic rings. The SMILES string of the molecule is COc1ccc(/C=C/C(=O)c2ccc(OC)c(CC=C(C)C)c2O)c(OC)c1. The number of benzene rings is 2. The molecular weight excluding hydrogens is 356 g/mol. The number of carbonyl (C=O) groups is 1. The van der Waals surface area contributed by atoms with Gasteiger partial charge in [0, 0.05) is 17.2 Å². The highest BCUT2D eigenvalue weighted by Gasteiger charge is 2.16. The molecule has 0 aromatic heterocycles. The van der Waals surface area contributed by atoms with Gasteiger partial charge >= 0.3 is 0 Å². The molecule has 0 spiro atoms. The summed E-state index contributed by atoms with van der Waals surface area (Å²) in [6, 6.07) is 8.60. The highest BCUT2D eigenvalue weighted by Crippen LogP contribution is 2.33. The summed E-state index contributed by atoms with van der Waals surface area (Å²) in [4.78, 5) is 12.7. The topological polar surface area (TPSA) is 65.0 Å². The Labute approximate surface area is 165 Å². The minimum atomic E-state index is -0.309. The lowest BCUT2D eigenvalue weighted by molar-refractivity contribution is 0.104. The third-order valence-electron chi connectivity index (χ3n) is 4.29. The van der Waals surface area contributed by atoms with Gasteiger partial charge < -0.3 is 19.3 Å². The van der Waals surface area contributed by atoms with Crippen molar-refractivity contribution in [3.63, 3.8) is 0 Å². The first kappa shape index (κ1) is 21.1. The summed E-state index contributed by atoms with van der Waals surface area (Å²) in [5.74, 6) is 1.43. The third kappa shape index (κ3) is 4.94. The first-order valence-corrected chi connectivity index (χ1v) is 8.87. The lowest BCUT2D eigenvalue weighted by Gasteiger charge is -2.12. The number of ether oxygens (including phenoxy) is 3. The van der Waals surface area contributed by atoms with E-state index in [1.54, 1.807) is 50.6 Å². The van der Waals surface area contributed by atoms with E-state index in [0.29, 0.717) is 29.2 Å². The standard InChI is InChI=1S/C23H26O5/c1-15(2)6-10-19-21(27-4)13-11-18(23(19)25)20(24)12-8-16-7-9-17(26-3)14-22(16)28-5/h6-9,11-14,25H,10H2,1-5H3/b12-8+. The largest absolute Gasteiger partial charge is 0.507 e. The molecule has 2 rings (SSSR count). The van der Waals surface area contributed by atoms with Gasteiger partial charge in [-0.05, 0) is 56.7 Å². The second-order valence-electron chi connectivity index (χ2n) is 6.43. The molecule has 28 heavy (non-hydrogen) atoms. The number of rotatable bonds is 8. The molecule has 0 bridgehead atoms. The summed E-state index contributed by atoms with van der Waals surface area (Å²) in [7, 11) is 4.67. The van der Waals surface area contributed by atoms with Crippen molar-refractivity contribution in [2.24, 2.45) is 0 Å². The van der Waals surface area contributed by atoms with Gasteiger partial charge in [-0.1, -0.05) is 11.6 Å². The summed E-state index contributed by atoms with van der Waals surface area (Å²) in [5.41, 5.74) is 2.66. The second kappa shape index (κ2) is 9.65. The van der Waals surface area contributed by atoms with Crippen LogP contribution < -0.4 is 14.2 Å². The van der Waals surface area contributed by atoms with E-state index in [0.717, 1.165) is 11.1 Å². The van der Waals surface area contributed by atoms with Crippen molar-refractivity contribution in [1.82, 2.24) is 0 Å². The molecule has 0 heterocycles. The number of allylic oxidation sites excluding steroid dienone is 3. The van der Waals surface area contributed by atoms with Crippen molar-refractivity contribution < 1.29 is 24.1 Å². The molecule has 0 saturated carbocycles. The number of hydrogen-bond acceptors (Lipinski definition) is 5. The minimum Gasteiger partial charge on any atom is -0.507 e. The van der Waals surface area contributed by atoms with Crippen LogP contribution in [-0.4, -0.2) is 32.2 Å². The van der Waals surface area contributed by atoms with E-state index in [9.17, 15) is 9.90 Å². The Hall–Kier alpha value is -3.21. The smallest absolute Gasteiger partial charge is 0.189 e. The van der Waals surface area contributed by atoms with Gasteiger partial charge in [-0.2, -0.15) is 0 Å². The molecule has 0 atom stereocenters. The fraction of sp³-hybridized carbons (Fsp3) is 0.261. The number of carbonyl (C=O) groups excluding carboxylic acids is 1. The van der Waals surface area contributed by atoms with Crippen LogP contribution in [0.5, 0.6) is 23.0 Å². The van der Waals surface area contributed by atoms with Crippen molar-refractivity contribution in [2.45, 2.75) is 20.3 Å². The quantitative estimate of drug-likeness (QED) is 0.403. The van der Waals surface area contributed by atoms with E-state index in [1.807, 2.05) is 19.9 Å². The molecule has 148 valence electrons. The number of phenols is 1. The second-order valence-corrected chi connectivity index (χ2v) is 6.43. The van der Waals surface area contributed by atoms with Crippen LogP contribution in [0, 0.1) is 0 Å². The molecular formula is C23H26O5. The van der Waals surface area contributed by atoms with Gasteiger partial charge in [-0.3, -0.25) is 4.79 Å². The number of hydrogen-bond donors (Lipinski definition) is 1. The predicted molar refractivity (Wildman–Crippen MR) is 111 cm³/mol. The van der Waals surface area contributed by atoms with E-state index >= 15 is 0 Å². The maximum Gasteiger partial charge on any atom is 0.189 e. The molecule has 5 heteroatoms. The van der Waals surface area contributed by atoms with Crippen LogP contribution in [0.3, 0.4) is 0 Å². The Balaban J connectivity index is 2.35. The summed E-state index contributed by atoms with van der Waals surface area (Å²) in [6.45, 7) is 3.95. The van der Waals surface area contributed by atoms with E-state index in [1.165, 1.54) is 13.2 Å². The molecule has 0 radical (unpaired) electrons. The first-order valence-electron chi connectivity index (χ1n) is 8.87. The van der Waals surface area contributed by atoms with Crippen molar-refractivity contribution in [1.29, 1.82) is 0 Å². The van der Waals surface area contributed by atoms with E-state index in [2.05, 4.69) is 0 Å². The van der Waals surface area contributed by atoms with Crippen LogP contribution in [0.25, 0.3) is 6.08 Å². The number of methoxy groups -OCH3 is 3. The number of phenolic OH excluding ortho intramolecular Hbond substituents is 1. The Bertz CT molecular complexity index is 905. The zero-order chi connectivity index (χ0) is 20.7.